The zero-order valence-corrected chi connectivity index (χ0v) is 17.5. The van der Waals surface area contributed by atoms with Crippen LogP contribution in [0.15, 0.2) is 88.6 Å². The first-order valence-corrected chi connectivity index (χ1v) is 13.0. The smallest absolute Gasteiger partial charge is 0.253 e. The van der Waals surface area contributed by atoms with Crippen molar-refractivity contribution in [2.75, 3.05) is 0 Å². The third-order valence-electron chi connectivity index (χ3n) is 5.44. The molecular formula is C23H26O2SSi. The van der Waals surface area contributed by atoms with Crippen LogP contribution < -0.4 is 10.4 Å². The molecule has 1 heterocycles. The quantitative estimate of drug-likeness (QED) is 0.544. The van der Waals surface area contributed by atoms with E-state index in [0.29, 0.717) is 5.25 Å². The summed E-state index contributed by atoms with van der Waals surface area (Å²) in [5.74, 6) is 0. The van der Waals surface area contributed by atoms with Crippen LogP contribution in [-0.2, 0) is 4.43 Å². The van der Waals surface area contributed by atoms with E-state index in [0.717, 1.165) is 11.5 Å². The molecule has 1 aliphatic carbocycles. The number of rotatable bonds is 6. The molecule has 2 aromatic carbocycles. The van der Waals surface area contributed by atoms with E-state index in [1.807, 2.05) is 17.8 Å². The summed E-state index contributed by atoms with van der Waals surface area (Å²) in [7, 11) is -2.28. The Labute approximate surface area is 167 Å². The Morgan fingerprint density at radius 2 is 1.48 bits per heavy atom. The molecule has 0 unspecified atom stereocenters. The van der Waals surface area contributed by atoms with E-state index in [1.54, 1.807) is 6.26 Å². The second-order valence-electron chi connectivity index (χ2n) is 7.29. The van der Waals surface area contributed by atoms with Crippen molar-refractivity contribution in [3.05, 3.63) is 79.1 Å². The van der Waals surface area contributed by atoms with E-state index in [-0.39, 0.29) is 6.10 Å². The van der Waals surface area contributed by atoms with Crippen molar-refractivity contribution in [2.24, 2.45) is 0 Å². The van der Waals surface area contributed by atoms with E-state index >= 15 is 0 Å². The first-order chi connectivity index (χ1) is 13.3. The first kappa shape index (κ1) is 18.6. The molecule has 0 N–H and O–H groups in total. The summed E-state index contributed by atoms with van der Waals surface area (Å²) in [4.78, 5) is 0. The Kier molecular flexibility index (Phi) is 5.86. The summed E-state index contributed by atoms with van der Waals surface area (Å²) in [5.41, 5.74) is 0. The van der Waals surface area contributed by atoms with Crippen LogP contribution in [0.1, 0.15) is 25.7 Å². The minimum Gasteiger partial charge on any atom is -0.458 e. The maximum absolute atomic E-state index is 7.09. The Hall–Kier alpha value is -1.75. The van der Waals surface area contributed by atoms with Crippen molar-refractivity contribution in [1.82, 2.24) is 0 Å². The maximum Gasteiger partial charge on any atom is 0.253 e. The average molecular weight is 395 g/mol. The largest absolute Gasteiger partial charge is 0.458 e. The molecule has 0 aliphatic heterocycles. The molecule has 3 aromatic rings. The van der Waals surface area contributed by atoms with E-state index in [9.17, 15) is 0 Å². The number of furan rings is 1. The molecule has 0 bridgehead atoms. The standard InChI is InChI=1S/C23H26O2SSi/c1-27(19-11-4-2-5-12-19,20-13-6-3-7-14-20)25-21-15-8-9-16-22(21)26-23-17-10-18-24-23/h2-7,10-14,17-18,21-22H,8-9,15-16H2,1H3/t21-,22-/m1/s1. The maximum atomic E-state index is 7.09. The summed E-state index contributed by atoms with van der Waals surface area (Å²) in [6, 6.07) is 25.6. The summed E-state index contributed by atoms with van der Waals surface area (Å²) >= 11 is 1.84. The van der Waals surface area contributed by atoms with Crippen LogP contribution in [0.2, 0.25) is 6.55 Å². The molecular weight excluding hydrogens is 368 g/mol. The molecule has 2 atom stereocenters. The average Bonchev–Trinajstić information content (AvgIpc) is 3.24. The Bertz CT molecular complexity index is 781. The van der Waals surface area contributed by atoms with Gasteiger partial charge in [-0.15, -0.1) is 0 Å². The van der Waals surface area contributed by atoms with Gasteiger partial charge in [0, 0.05) is 5.25 Å². The van der Waals surface area contributed by atoms with Gasteiger partial charge in [0.2, 0.25) is 0 Å². The first-order valence-electron chi connectivity index (χ1n) is 9.75. The third kappa shape index (κ3) is 4.23. The predicted molar refractivity (Wildman–Crippen MR) is 115 cm³/mol. The fraction of sp³-hybridized carbons (Fsp3) is 0.304. The van der Waals surface area contributed by atoms with E-state index in [2.05, 4.69) is 73.3 Å². The van der Waals surface area contributed by atoms with Crippen molar-refractivity contribution in [3.63, 3.8) is 0 Å². The summed E-state index contributed by atoms with van der Waals surface area (Å²) < 4.78 is 12.7. The van der Waals surface area contributed by atoms with Crippen molar-refractivity contribution < 1.29 is 8.84 Å². The van der Waals surface area contributed by atoms with Crippen LogP contribution in [0.25, 0.3) is 0 Å². The van der Waals surface area contributed by atoms with Gasteiger partial charge in [0.15, 0.2) is 5.09 Å². The molecule has 4 rings (SSSR count). The van der Waals surface area contributed by atoms with Gasteiger partial charge in [0.25, 0.3) is 8.32 Å². The SMILES string of the molecule is C[Si](O[C@@H]1CCCC[C@H]1Sc1ccco1)(c1ccccc1)c1ccccc1. The van der Waals surface area contributed by atoms with E-state index in [1.165, 1.54) is 29.6 Å². The lowest BCUT2D eigenvalue weighted by Crippen LogP contribution is -2.61. The van der Waals surface area contributed by atoms with Gasteiger partial charge < -0.3 is 8.84 Å². The molecule has 27 heavy (non-hydrogen) atoms. The van der Waals surface area contributed by atoms with Gasteiger partial charge in [-0.1, -0.05) is 85.3 Å². The van der Waals surface area contributed by atoms with Crippen molar-refractivity contribution in [2.45, 2.75) is 48.7 Å². The second-order valence-corrected chi connectivity index (χ2v) is 12.0. The van der Waals surface area contributed by atoms with Gasteiger partial charge in [-0.3, -0.25) is 0 Å². The number of benzene rings is 2. The highest BCUT2D eigenvalue weighted by molar-refractivity contribution is 7.99. The van der Waals surface area contributed by atoms with Gasteiger partial charge >= 0.3 is 0 Å². The fourth-order valence-corrected chi connectivity index (χ4v) is 8.37. The fourth-order valence-electron chi connectivity index (χ4n) is 3.93. The molecule has 1 saturated carbocycles. The lowest BCUT2D eigenvalue weighted by Gasteiger charge is -2.38. The summed E-state index contributed by atoms with van der Waals surface area (Å²) in [5, 5.41) is 4.12. The number of hydrogen-bond donors (Lipinski definition) is 0. The zero-order chi connectivity index (χ0) is 18.5. The third-order valence-corrected chi connectivity index (χ3v) is 10.4. The normalized spacial score (nSPS) is 20.5. The van der Waals surface area contributed by atoms with Crippen molar-refractivity contribution >= 4 is 30.5 Å². The van der Waals surface area contributed by atoms with Crippen LogP contribution in [-0.4, -0.2) is 19.7 Å². The van der Waals surface area contributed by atoms with Crippen LogP contribution in [0.3, 0.4) is 0 Å². The van der Waals surface area contributed by atoms with Crippen LogP contribution in [0.5, 0.6) is 0 Å². The lowest BCUT2D eigenvalue weighted by atomic mass is 9.97. The molecule has 1 aromatic heterocycles. The molecule has 0 spiro atoms. The van der Waals surface area contributed by atoms with Gasteiger partial charge in [-0.05, 0) is 41.9 Å². The molecule has 0 amide bonds. The molecule has 2 nitrogen and oxygen atoms in total. The topological polar surface area (TPSA) is 22.4 Å². The van der Waals surface area contributed by atoms with E-state index < -0.39 is 8.32 Å². The minimum atomic E-state index is -2.28. The Morgan fingerprint density at radius 1 is 0.852 bits per heavy atom. The summed E-state index contributed by atoms with van der Waals surface area (Å²) in [6.07, 6.45) is 6.84. The molecule has 1 aliphatic rings. The van der Waals surface area contributed by atoms with Crippen molar-refractivity contribution in [3.8, 4) is 0 Å². The minimum absolute atomic E-state index is 0.255. The summed E-state index contributed by atoms with van der Waals surface area (Å²) in [6.45, 7) is 2.35. The van der Waals surface area contributed by atoms with Crippen molar-refractivity contribution in [1.29, 1.82) is 0 Å². The van der Waals surface area contributed by atoms with Crippen LogP contribution in [0.4, 0.5) is 0 Å². The highest BCUT2D eigenvalue weighted by Crippen LogP contribution is 2.36. The zero-order valence-electron chi connectivity index (χ0n) is 15.7. The monoisotopic (exact) mass is 394 g/mol. The van der Waals surface area contributed by atoms with E-state index in [4.69, 9.17) is 8.84 Å². The van der Waals surface area contributed by atoms with Gasteiger partial charge in [-0.2, -0.15) is 0 Å². The molecule has 1 fully saturated rings. The van der Waals surface area contributed by atoms with Gasteiger partial charge in [0.05, 0.1) is 12.4 Å². The highest BCUT2D eigenvalue weighted by atomic mass is 32.2. The molecule has 0 saturated heterocycles. The van der Waals surface area contributed by atoms with Crippen LogP contribution >= 0.6 is 11.8 Å². The molecule has 140 valence electrons. The number of hydrogen-bond acceptors (Lipinski definition) is 3. The predicted octanol–water partition coefficient (Wildman–Crippen LogP) is 5.09. The molecule has 4 heteroatoms. The number of thioether (sulfide) groups is 1. The Balaban J connectivity index is 1.64. The molecule has 0 radical (unpaired) electrons. The highest BCUT2D eigenvalue weighted by Gasteiger charge is 2.39. The van der Waals surface area contributed by atoms with Crippen LogP contribution in [0, 0.1) is 0 Å². The lowest BCUT2D eigenvalue weighted by molar-refractivity contribution is 0.159. The Morgan fingerprint density at radius 3 is 2.07 bits per heavy atom. The second kappa shape index (κ2) is 8.51. The van der Waals surface area contributed by atoms with Gasteiger partial charge in [-0.25, -0.2) is 0 Å². The van der Waals surface area contributed by atoms with Gasteiger partial charge in [0.1, 0.15) is 0 Å².